The summed E-state index contributed by atoms with van der Waals surface area (Å²) in [4.78, 5) is 10.7. The minimum atomic E-state index is -1.41. The van der Waals surface area contributed by atoms with Gasteiger partial charge in [-0.1, -0.05) is 42.6 Å². The van der Waals surface area contributed by atoms with Crippen molar-refractivity contribution < 1.29 is 19.7 Å². The molecule has 0 aliphatic heterocycles. The Morgan fingerprint density at radius 2 is 1.85 bits per heavy atom. The van der Waals surface area contributed by atoms with E-state index in [0.29, 0.717) is 6.42 Å². The van der Waals surface area contributed by atoms with Crippen molar-refractivity contribution >= 4 is 22.1 Å². The Morgan fingerprint density at radius 1 is 1.25 bits per heavy atom. The fourth-order valence-electron chi connectivity index (χ4n) is 2.04. The Bertz CT molecular complexity index is 471. The first kappa shape index (κ1) is 16.8. The largest absolute Gasteiger partial charge is 0.511 e. The molecule has 0 fully saturated rings. The third-order valence-corrected chi connectivity index (χ3v) is 4.14. The number of rotatable bonds is 7. The molecule has 4 nitrogen and oxygen atoms in total. The van der Waals surface area contributed by atoms with Crippen molar-refractivity contribution in [2.24, 2.45) is 0 Å². The summed E-state index contributed by atoms with van der Waals surface area (Å²) in [6, 6.07) is 1.61. The fourth-order valence-corrected chi connectivity index (χ4v) is 2.74. The van der Waals surface area contributed by atoms with Crippen molar-refractivity contribution in [3.05, 3.63) is 21.7 Å². The van der Waals surface area contributed by atoms with Crippen LogP contribution in [0.1, 0.15) is 50.7 Å². The fraction of sp³-hybridized carbons (Fsp3) is 0.533. The lowest BCUT2D eigenvalue weighted by atomic mass is 10.0. The molecule has 0 radical (unpaired) electrons. The van der Waals surface area contributed by atoms with Gasteiger partial charge in [0.2, 0.25) is 0 Å². The quantitative estimate of drug-likeness (QED) is 0.545. The van der Waals surface area contributed by atoms with Crippen LogP contribution >= 0.6 is 15.9 Å². The zero-order valence-electron chi connectivity index (χ0n) is 11.9. The number of ether oxygens (including phenoxy) is 1. The molecule has 2 N–H and O–H groups in total. The second-order valence-corrected chi connectivity index (χ2v) is 5.54. The molecule has 0 saturated carbocycles. The maximum Gasteiger partial charge on any atom is 0.511 e. The summed E-state index contributed by atoms with van der Waals surface area (Å²) in [5.41, 5.74) is 1.71. The summed E-state index contributed by atoms with van der Waals surface area (Å²) in [5, 5.41) is 18.9. The van der Waals surface area contributed by atoms with Crippen LogP contribution in [0.3, 0.4) is 0 Å². The Labute approximate surface area is 127 Å². The van der Waals surface area contributed by atoms with Crippen molar-refractivity contribution in [3.63, 3.8) is 0 Å². The topological polar surface area (TPSA) is 66.8 Å². The maximum absolute atomic E-state index is 10.7. The van der Waals surface area contributed by atoms with Gasteiger partial charge in [0.1, 0.15) is 0 Å². The third kappa shape index (κ3) is 4.40. The minimum absolute atomic E-state index is 0.0258. The minimum Gasteiger partial charge on any atom is -0.504 e. The SMILES string of the molecule is CCCCc1cc(OC(=O)O)c(O)c(CCCC)c1Br. The molecule has 1 aromatic rings. The second kappa shape index (κ2) is 8.15. The summed E-state index contributed by atoms with van der Waals surface area (Å²) < 4.78 is 5.56. The summed E-state index contributed by atoms with van der Waals surface area (Å²) in [6.07, 6.45) is 4.09. The molecule has 0 amide bonds. The van der Waals surface area contributed by atoms with Crippen molar-refractivity contribution in [2.45, 2.75) is 52.4 Å². The number of phenolic OH excluding ortho intramolecular Hbond substituents is 1. The maximum atomic E-state index is 10.7. The summed E-state index contributed by atoms with van der Waals surface area (Å²) >= 11 is 3.53. The van der Waals surface area contributed by atoms with Gasteiger partial charge in [-0.05, 0) is 37.3 Å². The van der Waals surface area contributed by atoms with Gasteiger partial charge in [-0.25, -0.2) is 4.79 Å². The molecule has 0 aliphatic rings. The molecule has 0 aromatic heterocycles. The smallest absolute Gasteiger partial charge is 0.504 e. The Balaban J connectivity index is 3.20. The molecule has 0 spiro atoms. The Hall–Kier alpha value is -1.23. The van der Waals surface area contributed by atoms with Gasteiger partial charge in [0, 0.05) is 10.0 Å². The second-order valence-electron chi connectivity index (χ2n) is 4.75. The zero-order valence-corrected chi connectivity index (χ0v) is 13.5. The van der Waals surface area contributed by atoms with Crippen LogP contribution in [-0.2, 0) is 12.8 Å². The van der Waals surface area contributed by atoms with Gasteiger partial charge >= 0.3 is 6.16 Å². The van der Waals surface area contributed by atoms with E-state index in [1.165, 1.54) is 0 Å². The number of halogens is 1. The van der Waals surface area contributed by atoms with Crippen molar-refractivity contribution in [1.29, 1.82) is 0 Å². The summed E-state index contributed by atoms with van der Waals surface area (Å²) in [5.74, 6) is -0.0501. The van der Waals surface area contributed by atoms with Crippen LogP contribution in [0, 0.1) is 0 Å². The number of phenols is 1. The first-order valence-corrected chi connectivity index (χ1v) is 7.74. The van der Waals surface area contributed by atoms with E-state index >= 15 is 0 Å². The number of carboxylic acid groups (broad SMARTS) is 1. The number of hydrogen-bond acceptors (Lipinski definition) is 3. The number of unbranched alkanes of at least 4 members (excludes halogenated alkanes) is 2. The van der Waals surface area contributed by atoms with Crippen LogP contribution in [0.5, 0.6) is 11.5 Å². The molecule has 0 bridgehead atoms. The number of aromatic hydroxyl groups is 1. The lowest BCUT2D eigenvalue weighted by Crippen LogP contribution is -2.05. The highest BCUT2D eigenvalue weighted by molar-refractivity contribution is 9.10. The molecule has 112 valence electrons. The third-order valence-electron chi connectivity index (χ3n) is 3.15. The molecular formula is C15H21BrO4. The van der Waals surface area contributed by atoms with E-state index in [2.05, 4.69) is 34.5 Å². The Morgan fingerprint density at radius 3 is 2.40 bits per heavy atom. The average Bonchev–Trinajstić information content (AvgIpc) is 2.40. The van der Waals surface area contributed by atoms with Gasteiger partial charge in [-0.3, -0.25) is 0 Å². The Kier molecular flexibility index (Phi) is 6.85. The van der Waals surface area contributed by atoms with Gasteiger partial charge in [-0.2, -0.15) is 0 Å². The van der Waals surface area contributed by atoms with Crippen LogP contribution in [0.15, 0.2) is 10.5 Å². The van der Waals surface area contributed by atoms with E-state index in [9.17, 15) is 9.90 Å². The predicted octanol–water partition coefficient (Wildman–Crippen LogP) is 4.90. The molecule has 0 heterocycles. The predicted molar refractivity (Wildman–Crippen MR) is 81.7 cm³/mol. The van der Waals surface area contributed by atoms with E-state index in [0.717, 1.165) is 47.7 Å². The normalized spacial score (nSPS) is 10.6. The average molecular weight is 345 g/mol. The van der Waals surface area contributed by atoms with Crippen LogP contribution in [0.2, 0.25) is 0 Å². The molecule has 0 saturated heterocycles. The van der Waals surface area contributed by atoms with E-state index in [1.54, 1.807) is 6.07 Å². The van der Waals surface area contributed by atoms with E-state index in [-0.39, 0.29) is 11.5 Å². The molecule has 0 aliphatic carbocycles. The van der Waals surface area contributed by atoms with E-state index in [1.807, 2.05) is 0 Å². The number of benzene rings is 1. The lowest BCUT2D eigenvalue weighted by molar-refractivity contribution is 0.142. The number of aryl methyl sites for hydroxylation is 1. The molecule has 1 aromatic carbocycles. The number of carbonyl (C=O) groups is 1. The molecular weight excluding hydrogens is 324 g/mol. The van der Waals surface area contributed by atoms with Crippen LogP contribution in [0.25, 0.3) is 0 Å². The lowest BCUT2D eigenvalue weighted by Gasteiger charge is -2.15. The summed E-state index contributed by atoms with van der Waals surface area (Å²) in [6.45, 7) is 4.17. The van der Waals surface area contributed by atoms with Crippen LogP contribution in [-0.4, -0.2) is 16.4 Å². The first-order chi connectivity index (χ1) is 9.51. The highest BCUT2D eigenvalue weighted by Gasteiger charge is 2.18. The van der Waals surface area contributed by atoms with Crippen LogP contribution < -0.4 is 4.74 Å². The number of hydrogen-bond donors (Lipinski definition) is 2. The molecule has 0 unspecified atom stereocenters. The standard InChI is InChI=1S/C15H21BrO4/c1-3-5-7-10-9-12(20-15(18)19)14(17)11(13(10)16)8-6-4-2/h9,17H,3-8H2,1-2H3,(H,18,19). The van der Waals surface area contributed by atoms with Crippen molar-refractivity contribution in [3.8, 4) is 11.5 Å². The highest BCUT2D eigenvalue weighted by Crippen LogP contribution is 2.39. The van der Waals surface area contributed by atoms with Gasteiger partial charge in [-0.15, -0.1) is 0 Å². The van der Waals surface area contributed by atoms with Crippen molar-refractivity contribution in [1.82, 2.24) is 0 Å². The molecule has 20 heavy (non-hydrogen) atoms. The summed E-state index contributed by atoms with van der Waals surface area (Å²) in [7, 11) is 0. The van der Waals surface area contributed by atoms with Gasteiger partial charge in [0.25, 0.3) is 0 Å². The first-order valence-electron chi connectivity index (χ1n) is 6.95. The van der Waals surface area contributed by atoms with Gasteiger partial charge in [0.05, 0.1) is 0 Å². The van der Waals surface area contributed by atoms with Crippen LogP contribution in [0.4, 0.5) is 4.79 Å². The molecule has 1 rings (SSSR count). The van der Waals surface area contributed by atoms with Crippen molar-refractivity contribution in [2.75, 3.05) is 0 Å². The molecule has 0 atom stereocenters. The van der Waals surface area contributed by atoms with E-state index < -0.39 is 6.16 Å². The highest BCUT2D eigenvalue weighted by atomic mass is 79.9. The van der Waals surface area contributed by atoms with E-state index in [4.69, 9.17) is 5.11 Å². The van der Waals surface area contributed by atoms with Gasteiger partial charge in [0.15, 0.2) is 11.5 Å². The van der Waals surface area contributed by atoms with Gasteiger partial charge < -0.3 is 14.9 Å². The molecule has 5 heteroatoms. The monoisotopic (exact) mass is 344 g/mol. The zero-order chi connectivity index (χ0) is 15.1.